The quantitative estimate of drug-likeness (QED) is 0.182. The largest absolute Gasteiger partial charge is 0.481 e. The van der Waals surface area contributed by atoms with E-state index < -0.39 is 53.5 Å². The summed E-state index contributed by atoms with van der Waals surface area (Å²) < 4.78 is 58.6. The molecule has 0 aliphatic rings. The monoisotopic (exact) mass is 657 g/mol. The summed E-state index contributed by atoms with van der Waals surface area (Å²) in [5.41, 5.74) is 1.31. The minimum atomic E-state index is -4.77. The molecule has 0 aliphatic heterocycles. The van der Waals surface area contributed by atoms with Gasteiger partial charge >= 0.3 is 12.1 Å². The average Bonchev–Trinajstić information content (AvgIpc) is 3.42. The van der Waals surface area contributed by atoms with Crippen molar-refractivity contribution in [2.24, 2.45) is 5.92 Å². The van der Waals surface area contributed by atoms with E-state index in [2.05, 4.69) is 10.3 Å². The second-order valence-corrected chi connectivity index (χ2v) is 12.6. The van der Waals surface area contributed by atoms with E-state index in [1.54, 1.807) is 61.9 Å². The first-order valence-corrected chi connectivity index (χ1v) is 15.2. The molecule has 0 bridgehead atoms. The number of nitrogens with zero attached hydrogens (tertiary/aromatic N) is 4. The Labute approximate surface area is 269 Å². The Bertz CT molecular complexity index is 1820. The van der Waals surface area contributed by atoms with Gasteiger partial charge in [0, 0.05) is 43.0 Å². The Morgan fingerprint density at radius 3 is 2.30 bits per heavy atom. The number of aliphatic carboxylic acids is 1. The summed E-state index contributed by atoms with van der Waals surface area (Å²) in [6.45, 7) is 7.39. The van der Waals surface area contributed by atoms with Gasteiger partial charge in [-0.2, -0.15) is 13.2 Å². The molecule has 3 heterocycles. The molecule has 4 rings (SSSR count). The number of benzene rings is 1. The van der Waals surface area contributed by atoms with Gasteiger partial charge < -0.3 is 24.3 Å². The fourth-order valence-corrected chi connectivity index (χ4v) is 5.90. The number of pyridine rings is 2. The standard InChI is InChI=1S/C34H39F4N5O4/c1-19(2)11-28(43-18-22(7-9-41(5)6)26(15-29(43)44)34(36,37)38)33(47)40-27(16-30(45)46)23-14-25(32-39-8-10-42(32)17-23)31-20(3)12-24(35)13-21(31)4/h8,10,12-15,17-19,27-28H,7,9,11,16H2,1-6H3,(H,40,47)(H,45,46)/t27-,28+/m1/s1. The van der Waals surface area contributed by atoms with Crippen molar-refractivity contribution in [2.45, 2.75) is 65.2 Å². The number of nitrogens with one attached hydrogen (secondary N) is 1. The van der Waals surface area contributed by atoms with E-state index >= 15 is 0 Å². The van der Waals surface area contributed by atoms with Crippen molar-refractivity contribution in [1.82, 2.24) is 24.2 Å². The van der Waals surface area contributed by atoms with Gasteiger partial charge in [0.05, 0.1) is 18.0 Å². The number of hydrogen-bond acceptors (Lipinski definition) is 5. The van der Waals surface area contributed by atoms with Crippen LogP contribution in [0.1, 0.15) is 66.6 Å². The van der Waals surface area contributed by atoms with Gasteiger partial charge in [0.2, 0.25) is 5.91 Å². The molecule has 0 fully saturated rings. The molecule has 1 aromatic carbocycles. The van der Waals surface area contributed by atoms with Crippen LogP contribution in [0.25, 0.3) is 16.8 Å². The molecule has 1 amide bonds. The minimum absolute atomic E-state index is 0.0182. The maximum Gasteiger partial charge on any atom is 0.416 e. The van der Waals surface area contributed by atoms with Crippen molar-refractivity contribution in [1.29, 1.82) is 0 Å². The van der Waals surface area contributed by atoms with Gasteiger partial charge in [-0.15, -0.1) is 0 Å². The number of amides is 1. The molecule has 3 aromatic heterocycles. The number of carboxylic acids is 1. The first kappa shape index (κ1) is 35.3. The Kier molecular flexibility index (Phi) is 10.6. The fourth-order valence-electron chi connectivity index (χ4n) is 5.90. The zero-order valence-electron chi connectivity index (χ0n) is 27.2. The third kappa shape index (κ3) is 8.26. The van der Waals surface area contributed by atoms with Crippen molar-refractivity contribution >= 4 is 17.5 Å². The number of halogens is 4. The van der Waals surface area contributed by atoms with Crippen LogP contribution in [0.3, 0.4) is 0 Å². The normalized spacial score (nSPS) is 13.4. The molecule has 47 heavy (non-hydrogen) atoms. The van der Waals surface area contributed by atoms with E-state index in [0.717, 1.165) is 10.8 Å². The number of rotatable bonds is 12. The SMILES string of the molecule is Cc1cc(F)cc(C)c1-c1cc([C@@H](CC(=O)O)NC(=O)[C@H](CC(C)C)n2cc(CCN(C)C)c(C(F)(F)F)cc2=O)cn2ccnc12. The van der Waals surface area contributed by atoms with Crippen LogP contribution in [0.4, 0.5) is 17.6 Å². The third-order valence-corrected chi connectivity index (χ3v) is 8.00. The van der Waals surface area contributed by atoms with Crippen molar-refractivity contribution in [2.75, 3.05) is 20.6 Å². The minimum Gasteiger partial charge on any atom is -0.481 e. The summed E-state index contributed by atoms with van der Waals surface area (Å²) in [5, 5.41) is 12.6. The number of imidazole rings is 1. The lowest BCUT2D eigenvalue weighted by atomic mass is 9.93. The van der Waals surface area contributed by atoms with Crippen LogP contribution in [0, 0.1) is 25.6 Å². The van der Waals surface area contributed by atoms with Crippen LogP contribution >= 0.6 is 0 Å². The molecule has 0 saturated carbocycles. The number of aryl methyl sites for hydroxylation is 2. The second kappa shape index (κ2) is 14.1. The van der Waals surface area contributed by atoms with Crippen LogP contribution in [0.15, 0.2) is 53.8 Å². The van der Waals surface area contributed by atoms with Crippen LogP contribution in [-0.4, -0.2) is 56.5 Å². The van der Waals surface area contributed by atoms with Crippen molar-refractivity contribution in [3.8, 4) is 11.1 Å². The summed E-state index contributed by atoms with van der Waals surface area (Å²) in [7, 11) is 3.43. The van der Waals surface area contributed by atoms with Crippen LogP contribution in [0.2, 0.25) is 0 Å². The zero-order chi connectivity index (χ0) is 34.8. The molecular weight excluding hydrogens is 618 g/mol. The average molecular weight is 658 g/mol. The molecule has 0 unspecified atom stereocenters. The highest BCUT2D eigenvalue weighted by Gasteiger charge is 2.36. The molecule has 252 valence electrons. The molecular formula is C34H39F4N5O4. The lowest BCUT2D eigenvalue weighted by molar-refractivity contribution is -0.139. The van der Waals surface area contributed by atoms with Gasteiger partial charge in [-0.3, -0.25) is 14.4 Å². The second-order valence-electron chi connectivity index (χ2n) is 12.6. The van der Waals surface area contributed by atoms with Crippen molar-refractivity contribution in [3.63, 3.8) is 0 Å². The molecule has 2 N–H and O–H groups in total. The fraction of sp³-hybridized carbons (Fsp3) is 0.412. The number of hydrogen-bond donors (Lipinski definition) is 2. The van der Waals surface area contributed by atoms with E-state index in [9.17, 15) is 37.1 Å². The predicted octanol–water partition coefficient (Wildman–Crippen LogP) is 5.96. The first-order chi connectivity index (χ1) is 22.0. The zero-order valence-corrected chi connectivity index (χ0v) is 27.2. The van der Waals surface area contributed by atoms with Crippen molar-refractivity contribution < 1.29 is 32.3 Å². The molecule has 4 aromatic rings. The lowest BCUT2D eigenvalue weighted by Gasteiger charge is -2.26. The molecule has 0 spiro atoms. The number of carboxylic acid groups (broad SMARTS) is 1. The summed E-state index contributed by atoms with van der Waals surface area (Å²) in [6.07, 6.45) is 0.738. The number of fused-ring (bicyclic) bond motifs is 1. The van der Waals surface area contributed by atoms with Gasteiger partial charge in [0.15, 0.2) is 0 Å². The lowest BCUT2D eigenvalue weighted by Crippen LogP contribution is -2.40. The van der Waals surface area contributed by atoms with E-state index in [1.165, 1.54) is 12.1 Å². The number of carbonyl (C=O) groups is 2. The molecule has 0 saturated heterocycles. The Balaban J connectivity index is 1.82. The van der Waals surface area contributed by atoms with Gasteiger partial charge in [0.1, 0.15) is 17.5 Å². The summed E-state index contributed by atoms with van der Waals surface area (Å²) in [6, 6.07) is 2.67. The predicted molar refractivity (Wildman–Crippen MR) is 170 cm³/mol. The molecule has 0 radical (unpaired) electrons. The van der Waals surface area contributed by atoms with E-state index in [4.69, 9.17) is 0 Å². The number of alkyl halides is 3. The van der Waals surface area contributed by atoms with Gasteiger partial charge in [-0.1, -0.05) is 13.8 Å². The maximum absolute atomic E-state index is 14.2. The van der Waals surface area contributed by atoms with Crippen LogP contribution in [-0.2, 0) is 22.2 Å². The van der Waals surface area contributed by atoms with Crippen LogP contribution in [0.5, 0.6) is 0 Å². The topological polar surface area (TPSA) is 109 Å². The van der Waals surface area contributed by atoms with Crippen molar-refractivity contribution in [3.05, 3.63) is 93.0 Å². The Morgan fingerprint density at radius 1 is 1.06 bits per heavy atom. The van der Waals surface area contributed by atoms with E-state index in [0.29, 0.717) is 39.5 Å². The summed E-state index contributed by atoms with van der Waals surface area (Å²) >= 11 is 0. The number of aromatic nitrogens is 3. The molecule has 0 aliphatic carbocycles. The molecule has 2 atom stereocenters. The number of carbonyl (C=O) groups excluding carboxylic acids is 1. The van der Waals surface area contributed by atoms with E-state index in [-0.39, 0.29) is 30.9 Å². The third-order valence-electron chi connectivity index (χ3n) is 8.00. The Hall–Kier alpha value is -4.52. The Morgan fingerprint density at radius 2 is 1.72 bits per heavy atom. The molecule has 13 heteroatoms. The van der Waals surface area contributed by atoms with E-state index in [1.807, 2.05) is 13.8 Å². The summed E-state index contributed by atoms with van der Waals surface area (Å²) in [5.74, 6) is -2.49. The smallest absolute Gasteiger partial charge is 0.416 e. The number of likely N-dealkylation sites (N-methyl/N-ethyl adjacent to an activating group) is 1. The van der Waals surface area contributed by atoms with Gasteiger partial charge in [-0.25, -0.2) is 9.37 Å². The summed E-state index contributed by atoms with van der Waals surface area (Å²) in [4.78, 5) is 45.4. The van der Waals surface area contributed by atoms with Gasteiger partial charge in [-0.05, 0) is 92.7 Å². The highest BCUT2D eigenvalue weighted by molar-refractivity contribution is 5.84. The highest BCUT2D eigenvalue weighted by atomic mass is 19.4. The highest BCUT2D eigenvalue weighted by Crippen LogP contribution is 2.35. The maximum atomic E-state index is 14.2. The van der Waals surface area contributed by atoms with Gasteiger partial charge in [0.25, 0.3) is 5.56 Å². The first-order valence-electron chi connectivity index (χ1n) is 15.2. The van der Waals surface area contributed by atoms with Crippen LogP contribution < -0.4 is 10.9 Å². The molecule has 9 nitrogen and oxygen atoms in total.